The number of hydrogen-bond donors (Lipinski definition) is 1. The Morgan fingerprint density at radius 1 is 1.19 bits per heavy atom. The van der Waals surface area contributed by atoms with Crippen LogP contribution in [0.1, 0.15) is 24.5 Å². The van der Waals surface area contributed by atoms with Crippen LogP contribution in [0.4, 0.5) is 5.69 Å². The number of rotatable bonds is 5. The number of halogens is 1. The Kier molecular flexibility index (Phi) is 4.93. The molecule has 4 heterocycles. The predicted molar refractivity (Wildman–Crippen MR) is 120 cm³/mol. The third-order valence-electron chi connectivity index (χ3n) is 6.76. The van der Waals surface area contributed by atoms with Crippen LogP contribution in [0.3, 0.4) is 0 Å². The van der Waals surface area contributed by atoms with E-state index in [0.717, 1.165) is 47.7 Å². The fourth-order valence-electron chi connectivity index (χ4n) is 5.12. The van der Waals surface area contributed by atoms with Gasteiger partial charge in [-0.25, -0.2) is 12.7 Å². The van der Waals surface area contributed by atoms with Crippen LogP contribution < -0.4 is 4.90 Å². The smallest absolute Gasteiger partial charge is 0.227 e. The largest absolute Gasteiger partial charge is 0.314 e. The third kappa shape index (κ3) is 3.47. The number of H-pyrrole nitrogens is 1. The molecule has 5 rings (SSSR count). The van der Waals surface area contributed by atoms with Gasteiger partial charge < -0.3 is 4.90 Å². The molecule has 166 valence electrons. The molecule has 1 N–H and O–H groups in total. The van der Waals surface area contributed by atoms with Gasteiger partial charge in [-0.1, -0.05) is 11.6 Å². The molecule has 1 aromatic carbocycles. The number of anilines is 1. The molecule has 2 fully saturated rings. The van der Waals surface area contributed by atoms with Crippen molar-refractivity contribution in [2.24, 2.45) is 5.41 Å². The van der Waals surface area contributed by atoms with Crippen LogP contribution in [-0.2, 0) is 27.8 Å². The highest BCUT2D eigenvalue weighted by atomic mass is 35.5. The van der Waals surface area contributed by atoms with Gasteiger partial charge in [0.25, 0.3) is 0 Å². The van der Waals surface area contributed by atoms with Crippen LogP contribution >= 0.6 is 11.6 Å². The molecule has 0 bridgehead atoms. The number of carbonyl (C=O) groups is 1. The number of carbonyl (C=O) groups excluding carboxylic acids is 1. The van der Waals surface area contributed by atoms with Gasteiger partial charge in [-0.05, 0) is 31.0 Å². The summed E-state index contributed by atoms with van der Waals surface area (Å²) in [5.74, 6) is 0.246. The Hall–Kier alpha value is -1.94. The van der Waals surface area contributed by atoms with Gasteiger partial charge in [0.15, 0.2) is 0 Å². The van der Waals surface area contributed by atoms with E-state index in [1.54, 1.807) is 23.2 Å². The lowest BCUT2D eigenvalue weighted by atomic mass is 9.74. The van der Waals surface area contributed by atoms with E-state index in [2.05, 4.69) is 21.2 Å². The number of aryl methyl sites for hydroxylation is 1. The molecule has 1 aromatic heterocycles. The molecule has 2 aromatic rings. The third-order valence-corrected chi connectivity index (χ3v) is 8.82. The maximum Gasteiger partial charge on any atom is 0.227 e. The van der Waals surface area contributed by atoms with E-state index in [-0.39, 0.29) is 17.1 Å². The molecule has 0 radical (unpaired) electrons. The molecule has 1 amide bonds. The monoisotopic (exact) mass is 463 g/mol. The van der Waals surface area contributed by atoms with E-state index in [4.69, 9.17) is 11.6 Å². The summed E-state index contributed by atoms with van der Waals surface area (Å²) in [4.78, 5) is 16.0. The fourth-order valence-corrected chi connectivity index (χ4v) is 6.79. The van der Waals surface area contributed by atoms with Crippen molar-refractivity contribution in [2.45, 2.75) is 26.3 Å². The zero-order chi connectivity index (χ0) is 22.0. The van der Waals surface area contributed by atoms with Crippen molar-refractivity contribution in [3.8, 4) is 11.3 Å². The molecule has 31 heavy (non-hydrogen) atoms. The van der Waals surface area contributed by atoms with Crippen molar-refractivity contribution >= 4 is 33.2 Å². The number of nitrogens with zero attached hydrogens (tertiary/aromatic N) is 4. The summed E-state index contributed by atoms with van der Waals surface area (Å²) >= 11 is 6.55. The summed E-state index contributed by atoms with van der Waals surface area (Å²) < 4.78 is 25.6. The van der Waals surface area contributed by atoms with E-state index >= 15 is 0 Å². The van der Waals surface area contributed by atoms with Gasteiger partial charge >= 0.3 is 0 Å². The van der Waals surface area contributed by atoms with E-state index in [1.165, 1.54) is 0 Å². The van der Waals surface area contributed by atoms with Crippen LogP contribution in [0.25, 0.3) is 11.3 Å². The van der Waals surface area contributed by atoms with Crippen molar-refractivity contribution < 1.29 is 13.2 Å². The normalized spacial score (nSPS) is 21.1. The summed E-state index contributed by atoms with van der Waals surface area (Å²) in [5, 5.41) is 7.94. The zero-order valence-electron chi connectivity index (χ0n) is 17.7. The van der Waals surface area contributed by atoms with Crippen LogP contribution in [0.5, 0.6) is 0 Å². The predicted octanol–water partition coefficient (Wildman–Crippen LogP) is 2.11. The maximum atomic E-state index is 12.0. The first-order chi connectivity index (χ1) is 14.7. The summed E-state index contributed by atoms with van der Waals surface area (Å²) in [5.41, 5.74) is 4.97. The number of amides is 1. The number of aromatic nitrogens is 2. The first-order valence-corrected chi connectivity index (χ1v) is 12.5. The van der Waals surface area contributed by atoms with E-state index < -0.39 is 10.0 Å². The second-order valence-corrected chi connectivity index (χ2v) is 11.7. The number of aromatic amines is 1. The minimum Gasteiger partial charge on any atom is -0.314 e. The van der Waals surface area contributed by atoms with Crippen LogP contribution in [0.2, 0.25) is 5.02 Å². The number of hydrogen-bond acceptors (Lipinski definition) is 5. The van der Waals surface area contributed by atoms with E-state index in [9.17, 15) is 13.2 Å². The second kappa shape index (κ2) is 7.30. The molecule has 0 atom stereocenters. The summed E-state index contributed by atoms with van der Waals surface area (Å²) in [7, 11) is -1.31. The number of benzene rings is 1. The molecule has 0 saturated carbocycles. The molecule has 2 saturated heterocycles. The zero-order valence-corrected chi connectivity index (χ0v) is 19.3. The molecular weight excluding hydrogens is 438 g/mol. The maximum absolute atomic E-state index is 12.0. The molecule has 8 nitrogen and oxygen atoms in total. The van der Waals surface area contributed by atoms with E-state index in [1.807, 2.05) is 12.3 Å². The van der Waals surface area contributed by atoms with Gasteiger partial charge in [0.05, 0.1) is 28.4 Å². The minimum atomic E-state index is -3.08. The van der Waals surface area contributed by atoms with Gasteiger partial charge in [0, 0.05) is 62.7 Å². The first-order valence-electron chi connectivity index (χ1n) is 10.5. The number of sulfonamides is 1. The topological polar surface area (TPSA) is 89.6 Å². The van der Waals surface area contributed by atoms with Crippen molar-refractivity contribution in [1.29, 1.82) is 0 Å². The minimum absolute atomic E-state index is 0.0809. The Morgan fingerprint density at radius 2 is 1.94 bits per heavy atom. The second-order valence-electron chi connectivity index (χ2n) is 9.00. The van der Waals surface area contributed by atoms with Crippen LogP contribution in [0.15, 0.2) is 18.3 Å². The highest BCUT2D eigenvalue weighted by molar-refractivity contribution is 7.89. The van der Waals surface area contributed by atoms with Gasteiger partial charge in [0.1, 0.15) is 0 Å². The highest BCUT2D eigenvalue weighted by Crippen LogP contribution is 2.43. The number of likely N-dealkylation sites (tertiary alicyclic amines) is 1. The van der Waals surface area contributed by atoms with Gasteiger partial charge in [-0.15, -0.1) is 0 Å². The van der Waals surface area contributed by atoms with Crippen molar-refractivity contribution in [3.63, 3.8) is 0 Å². The van der Waals surface area contributed by atoms with Gasteiger partial charge in [0.2, 0.25) is 15.9 Å². The molecule has 3 aliphatic heterocycles. The lowest BCUT2D eigenvalue weighted by Crippen LogP contribution is -2.72. The standard InChI is InChI=1S/C21H26ClN5O3S/c1-3-31(29,30)27-12-21(13-27)10-26(11-21)9-16-8-23-24-19(16)15-6-14-4-5-18(28)25(2)20(14)17(22)7-15/h6-8H,3-5,9-13H2,1-2H3,(H,23,24). The van der Waals surface area contributed by atoms with E-state index in [0.29, 0.717) is 31.0 Å². The first kappa shape index (κ1) is 20.9. The van der Waals surface area contributed by atoms with Crippen LogP contribution in [0, 0.1) is 5.41 Å². The Balaban J connectivity index is 1.29. The van der Waals surface area contributed by atoms with Gasteiger partial charge in [-0.2, -0.15) is 5.10 Å². The Labute approximate surface area is 187 Å². The average molecular weight is 464 g/mol. The molecule has 0 aliphatic carbocycles. The molecule has 10 heteroatoms. The SMILES string of the molecule is CCS(=O)(=O)N1CC2(CN(Cc3cn[nH]c3-c3cc(Cl)c4c(c3)CCC(=O)N4C)C2)C1. The van der Waals surface area contributed by atoms with Gasteiger partial charge in [-0.3, -0.25) is 14.8 Å². The number of fused-ring (bicyclic) bond motifs is 1. The van der Waals surface area contributed by atoms with Crippen LogP contribution in [-0.4, -0.2) is 72.7 Å². The van der Waals surface area contributed by atoms with Crippen molar-refractivity contribution in [1.82, 2.24) is 19.4 Å². The molecule has 1 spiro atoms. The summed E-state index contributed by atoms with van der Waals surface area (Å²) in [6.07, 6.45) is 3.01. The van der Waals surface area contributed by atoms with Crippen molar-refractivity contribution in [3.05, 3.63) is 34.5 Å². The number of nitrogens with one attached hydrogen (secondary N) is 1. The fraction of sp³-hybridized carbons (Fsp3) is 0.524. The average Bonchev–Trinajstić information content (AvgIpc) is 3.13. The quantitative estimate of drug-likeness (QED) is 0.733. The Bertz CT molecular complexity index is 1150. The summed E-state index contributed by atoms with van der Waals surface area (Å²) in [6, 6.07) is 3.99. The molecular formula is C21H26ClN5O3S. The lowest BCUT2D eigenvalue weighted by Gasteiger charge is -2.59. The molecule has 0 unspecified atom stereocenters. The summed E-state index contributed by atoms with van der Waals surface area (Å²) in [6.45, 7) is 5.49. The van der Waals surface area contributed by atoms with Crippen molar-refractivity contribution in [2.75, 3.05) is 43.9 Å². The Morgan fingerprint density at radius 3 is 2.65 bits per heavy atom. The highest BCUT2D eigenvalue weighted by Gasteiger charge is 2.54. The lowest BCUT2D eigenvalue weighted by molar-refractivity contribution is -0.118. The molecule has 3 aliphatic rings.